The van der Waals surface area contributed by atoms with E-state index in [0.717, 1.165) is 24.4 Å². The van der Waals surface area contributed by atoms with E-state index < -0.39 is 0 Å². The molecule has 1 heterocycles. The molecular formula is C13H19NO3. The molecule has 1 saturated carbocycles. The Labute approximate surface area is 101 Å². The second kappa shape index (κ2) is 4.92. The van der Waals surface area contributed by atoms with Gasteiger partial charge < -0.3 is 14.8 Å². The molecule has 2 rings (SSSR count). The summed E-state index contributed by atoms with van der Waals surface area (Å²) in [6.07, 6.45) is 3.10. The minimum absolute atomic E-state index is 0.0169. The van der Waals surface area contributed by atoms with Crippen LogP contribution >= 0.6 is 0 Å². The molecule has 4 nitrogen and oxygen atoms in total. The molecule has 1 aromatic heterocycles. The van der Waals surface area contributed by atoms with Crippen molar-refractivity contribution in [3.63, 3.8) is 0 Å². The molecule has 1 aromatic rings. The molecular weight excluding hydrogens is 218 g/mol. The van der Waals surface area contributed by atoms with Crippen LogP contribution in [0.4, 0.5) is 0 Å². The van der Waals surface area contributed by atoms with Gasteiger partial charge in [-0.3, -0.25) is 4.79 Å². The van der Waals surface area contributed by atoms with Crippen molar-refractivity contribution in [2.45, 2.75) is 32.6 Å². The van der Waals surface area contributed by atoms with Crippen LogP contribution in [-0.2, 0) is 11.2 Å². The quantitative estimate of drug-likeness (QED) is 0.786. The Kier molecular flexibility index (Phi) is 3.52. The van der Waals surface area contributed by atoms with Crippen LogP contribution in [0.5, 0.6) is 0 Å². The summed E-state index contributed by atoms with van der Waals surface area (Å²) in [5.74, 6) is 1.75. The fourth-order valence-electron chi connectivity index (χ4n) is 1.80. The van der Waals surface area contributed by atoms with Crippen molar-refractivity contribution in [2.75, 3.05) is 13.2 Å². The van der Waals surface area contributed by atoms with Crippen LogP contribution in [0.1, 0.15) is 30.8 Å². The standard InChI is InChI=1S/C13H19NO3/c1-10-2-3-11(17-10)4-5-12(16)14-8-13(9-15)6-7-13/h2-3,15H,4-9H2,1H3,(H,14,16). The van der Waals surface area contributed by atoms with Gasteiger partial charge in [0.15, 0.2) is 0 Å². The van der Waals surface area contributed by atoms with Crippen LogP contribution in [0.3, 0.4) is 0 Å². The van der Waals surface area contributed by atoms with Crippen molar-refractivity contribution >= 4 is 5.91 Å². The minimum Gasteiger partial charge on any atom is -0.466 e. The highest BCUT2D eigenvalue weighted by Crippen LogP contribution is 2.44. The van der Waals surface area contributed by atoms with E-state index in [2.05, 4.69) is 5.32 Å². The number of amides is 1. The molecule has 2 N–H and O–H groups in total. The predicted octanol–water partition coefficient (Wildman–Crippen LogP) is 1.41. The van der Waals surface area contributed by atoms with E-state index in [1.165, 1.54) is 0 Å². The van der Waals surface area contributed by atoms with Crippen LogP contribution in [-0.4, -0.2) is 24.2 Å². The fourth-order valence-corrected chi connectivity index (χ4v) is 1.80. The number of furan rings is 1. The Hall–Kier alpha value is -1.29. The zero-order valence-electron chi connectivity index (χ0n) is 10.2. The lowest BCUT2D eigenvalue weighted by Gasteiger charge is -2.12. The van der Waals surface area contributed by atoms with Gasteiger partial charge in [-0.25, -0.2) is 0 Å². The third-order valence-electron chi connectivity index (χ3n) is 3.35. The summed E-state index contributed by atoms with van der Waals surface area (Å²) < 4.78 is 5.39. The van der Waals surface area contributed by atoms with Gasteiger partial charge >= 0.3 is 0 Å². The third kappa shape index (κ3) is 3.33. The summed E-state index contributed by atoms with van der Waals surface area (Å²) in [5, 5.41) is 12.0. The van der Waals surface area contributed by atoms with Crippen molar-refractivity contribution in [1.82, 2.24) is 5.32 Å². The zero-order chi connectivity index (χ0) is 12.3. The maximum absolute atomic E-state index is 11.6. The van der Waals surface area contributed by atoms with E-state index in [4.69, 9.17) is 9.52 Å². The van der Waals surface area contributed by atoms with Gasteiger partial charge in [0, 0.05) is 24.8 Å². The van der Waals surface area contributed by atoms with Gasteiger partial charge in [-0.15, -0.1) is 0 Å². The Morgan fingerprint density at radius 3 is 2.82 bits per heavy atom. The Balaban J connectivity index is 1.67. The topological polar surface area (TPSA) is 62.5 Å². The van der Waals surface area contributed by atoms with E-state index in [1.807, 2.05) is 19.1 Å². The van der Waals surface area contributed by atoms with E-state index in [9.17, 15) is 4.79 Å². The first-order valence-electron chi connectivity index (χ1n) is 6.06. The smallest absolute Gasteiger partial charge is 0.220 e. The number of nitrogens with one attached hydrogen (secondary N) is 1. The highest BCUT2D eigenvalue weighted by molar-refractivity contribution is 5.76. The Morgan fingerprint density at radius 2 is 2.29 bits per heavy atom. The number of hydrogen-bond donors (Lipinski definition) is 2. The summed E-state index contributed by atoms with van der Waals surface area (Å²) in [6.45, 7) is 2.66. The highest BCUT2D eigenvalue weighted by atomic mass is 16.3. The molecule has 0 radical (unpaired) electrons. The van der Waals surface area contributed by atoms with Crippen molar-refractivity contribution in [3.8, 4) is 0 Å². The van der Waals surface area contributed by atoms with Crippen molar-refractivity contribution in [3.05, 3.63) is 23.7 Å². The molecule has 0 atom stereocenters. The molecule has 1 fully saturated rings. The van der Waals surface area contributed by atoms with E-state index in [0.29, 0.717) is 19.4 Å². The molecule has 0 aromatic carbocycles. The van der Waals surface area contributed by atoms with Crippen LogP contribution in [0.15, 0.2) is 16.5 Å². The first-order chi connectivity index (χ1) is 8.13. The van der Waals surface area contributed by atoms with Gasteiger partial charge in [0.05, 0.1) is 6.61 Å². The molecule has 0 aliphatic heterocycles. The average molecular weight is 237 g/mol. The number of hydrogen-bond acceptors (Lipinski definition) is 3. The number of aliphatic hydroxyl groups excluding tert-OH is 1. The molecule has 0 spiro atoms. The lowest BCUT2D eigenvalue weighted by Crippen LogP contribution is -2.31. The number of carbonyl (C=O) groups is 1. The van der Waals surface area contributed by atoms with Gasteiger partial charge in [0.2, 0.25) is 5.91 Å². The molecule has 1 amide bonds. The lowest BCUT2D eigenvalue weighted by atomic mass is 10.1. The Bertz CT molecular complexity index is 393. The van der Waals surface area contributed by atoms with Crippen molar-refractivity contribution in [2.24, 2.45) is 5.41 Å². The first kappa shape index (κ1) is 12.2. The second-order valence-electron chi connectivity index (χ2n) is 4.95. The van der Waals surface area contributed by atoms with E-state index in [-0.39, 0.29) is 17.9 Å². The lowest BCUT2D eigenvalue weighted by molar-refractivity contribution is -0.121. The molecule has 0 bridgehead atoms. The van der Waals surface area contributed by atoms with E-state index >= 15 is 0 Å². The SMILES string of the molecule is Cc1ccc(CCC(=O)NCC2(CO)CC2)o1. The highest BCUT2D eigenvalue weighted by Gasteiger charge is 2.41. The second-order valence-corrected chi connectivity index (χ2v) is 4.95. The maximum Gasteiger partial charge on any atom is 0.220 e. The van der Waals surface area contributed by atoms with Crippen molar-refractivity contribution < 1.29 is 14.3 Å². The van der Waals surface area contributed by atoms with E-state index in [1.54, 1.807) is 0 Å². The van der Waals surface area contributed by atoms with Crippen molar-refractivity contribution in [1.29, 1.82) is 0 Å². The van der Waals surface area contributed by atoms with Gasteiger partial charge in [-0.1, -0.05) is 0 Å². The Morgan fingerprint density at radius 1 is 1.53 bits per heavy atom. The minimum atomic E-state index is -0.0169. The molecule has 94 valence electrons. The summed E-state index contributed by atoms with van der Waals surface area (Å²) in [5.41, 5.74) is -0.0169. The molecule has 17 heavy (non-hydrogen) atoms. The zero-order valence-corrected chi connectivity index (χ0v) is 10.2. The van der Waals surface area contributed by atoms with Gasteiger partial charge in [0.25, 0.3) is 0 Å². The summed E-state index contributed by atoms with van der Waals surface area (Å²) in [6, 6.07) is 3.80. The first-order valence-corrected chi connectivity index (χ1v) is 6.06. The van der Waals surface area contributed by atoms with Crippen LogP contribution in [0.25, 0.3) is 0 Å². The monoisotopic (exact) mass is 237 g/mol. The normalized spacial score (nSPS) is 16.8. The molecule has 0 saturated heterocycles. The van der Waals surface area contributed by atoms with Crippen LogP contribution < -0.4 is 5.32 Å². The number of aryl methyl sites for hydroxylation is 2. The molecule has 4 heteroatoms. The molecule has 0 unspecified atom stereocenters. The summed E-state index contributed by atoms with van der Waals surface area (Å²) >= 11 is 0. The van der Waals surface area contributed by atoms with Crippen LogP contribution in [0.2, 0.25) is 0 Å². The van der Waals surface area contributed by atoms with Gasteiger partial charge in [-0.2, -0.15) is 0 Å². The van der Waals surface area contributed by atoms with Crippen LogP contribution in [0, 0.1) is 12.3 Å². The third-order valence-corrected chi connectivity index (χ3v) is 3.35. The number of rotatable bonds is 6. The fraction of sp³-hybridized carbons (Fsp3) is 0.615. The molecule has 1 aliphatic carbocycles. The number of aliphatic hydroxyl groups is 1. The predicted molar refractivity (Wildman–Crippen MR) is 63.5 cm³/mol. The average Bonchev–Trinajstić information content (AvgIpc) is 3.00. The maximum atomic E-state index is 11.6. The summed E-state index contributed by atoms with van der Waals surface area (Å²) in [4.78, 5) is 11.6. The summed E-state index contributed by atoms with van der Waals surface area (Å²) in [7, 11) is 0. The van der Waals surface area contributed by atoms with Gasteiger partial charge in [-0.05, 0) is 31.9 Å². The van der Waals surface area contributed by atoms with Gasteiger partial charge in [0.1, 0.15) is 11.5 Å². The number of carbonyl (C=O) groups excluding carboxylic acids is 1. The largest absolute Gasteiger partial charge is 0.466 e. The molecule has 1 aliphatic rings.